The van der Waals surface area contributed by atoms with Crippen LogP contribution in [0.15, 0.2) is 155 Å². The number of fused-ring (bicyclic) bond motifs is 2. The maximum absolute atomic E-state index is 13.4. The predicted molar refractivity (Wildman–Crippen MR) is 167 cm³/mol. The highest BCUT2D eigenvalue weighted by Gasteiger charge is 2.41. The highest BCUT2D eigenvalue weighted by molar-refractivity contribution is 9.10. The van der Waals surface area contributed by atoms with E-state index in [1.165, 1.54) is 0 Å². The van der Waals surface area contributed by atoms with Gasteiger partial charge >= 0.3 is 11.5 Å². The Kier molecular flexibility index (Phi) is 7.34. The summed E-state index contributed by atoms with van der Waals surface area (Å²) in [5, 5.41) is 0. The lowest BCUT2D eigenvalue weighted by molar-refractivity contribution is 0.441. The molecule has 0 aliphatic rings. The molecular weight excluding hydrogens is 648 g/mol. The van der Waals surface area contributed by atoms with Crippen molar-refractivity contribution in [3.05, 3.63) is 174 Å². The molecular formula is C33H22Br2N2O4. The summed E-state index contributed by atoms with van der Waals surface area (Å²) in [4.78, 5) is 26.6. The summed E-state index contributed by atoms with van der Waals surface area (Å²) in [6.45, 7) is 0. The maximum Gasteiger partial charge on any atom is 0.421 e. The van der Waals surface area contributed by atoms with Crippen LogP contribution in [0.1, 0.15) is 16.7 Å². The van der Waals surface area contributed by atoms with Crippen molar-refractivity contribution in [2.24, 2.45) is 0 Å². The number of benzene rings is 5. The fourth-order valence-electron chi connectivity index (χ4n) is 5.15. The standard InChI is InChI=1S/C26H18BrNO2.C7H4BrNO2/c27-22-16-17-23-24(18-22)30-25(29)28(23)26(19-10-4-1-5-11-19,20-12-6-2-7-13-20)21-14-8-3-9-15-21;8-4-1-2-5-6(3-4)11-7(10)9-5/h1-18H;1-3H,(H,9,10). The maximum atomic E-state index is 13.4. The SMILES string of the molecule is O=c1[nH]c2ccc(Br)cc2o1.O=c1oc2cc(Br)ccc2n1C(c1ccccc1)(c1ccccc1)c1ccccc1. The van der Waals surface area contributed by atoms with Crippen LogP contribution >= 0.6 is 31.9 Å². The second-order valence-electron chi connectivity index (χ2n) is 9.28. The number of rotatable bonds is 4. The molecule has 7 rings (SSSR count). The van der Waals surface area contributed by atoms with Gasteiger partial charge in [-0.15, -0.1) is 0 Å². The van der Waals surface area contributed by atoms with Crippen LogP contribution in [-0.4, -0.2) is 9.55 Å². The molecule has 0 unspecified atom stereocenters. The topological polar surface area (TPSA) is 81.1 Å². The molecule has 202 valence electrons. The Morgan fingerprint density at radius 2 is 1.07 bits per heavy atom. The van der Waals surface area contributed by atoms with Gasteiger partial charge in [-0.2, -0.15) is 0 Å². The van der Waals surface area contributed by atoms with Crippen molar-refractivity contribution >= 4 is 54.1 Å². The number of hydrogen-bond acceptors (Lipinski definition) is 4. The highest BCUT2D eigenvalue weighted by atomic mass is 79.9. The minimum atomic E-state index is -0.889. The molecule has 6 nitrogen and oxygen atoms in total. The second-order valence-corrected chi connectivity index (χ2v) is 11.1. The van der Waals surface area contributed by atoms with Crippen LogP contribution in [0.4, 0.5) is 0 Å². The Hall–Kier alpha value is -4.40. The molecule has 2 aromatic heterocycles. The van der Waals surface area contributed by atoms with E-state index in [9.17, 15) is 9.59 Å². The van der Waals surface area contributed by atoms with Gasteiger partial charge in [0, 0.05) is 8.95 Å². The molecule has 0 aliphatic heterocycles. The summed E-state index contributed by atoms with van der Waals surface area (Å²) < 4.78 is 14.1. The lowest BCUT2D eigenvalue weighted by Gasteiger charge is -2.36. The molecule has 0 radical (unpaired) electrons. The van der Waals surface area contributed by atoms with Gasteiger partial charge in [0.1, 0.15) is 5.54 Å². The van der Waals surface area contributed by atoms with Gasteiger partial charge in [-0.25, -0.2) is 9.59 Å². The highest BCUT2D eigenvalue weighted by Crippen LogP contribution is 2.41. The quantitative estimate of drug-likeness (QED) is 0.192. The third-order valence-corrected chi connectivity index (χ3v) is 7.82. The first-order valence-electron chi connectivity index (χ1n) is 12.7. The van der Waals surface area contributed by atoms with Crippen LogP contribution in [0.25, 0.3) is 22.2 Å². The summed E-state index contributed by atoms with van der Waals surface area (Å²) in [5.41, 5.74) is 4.63. The van der Waals surface area contributed by atoms with Crippen molar-refractivity contribution in [1.29, 1.82) is 0 Å². The van der Waals surface area contributed by atoms with Gasteiger partial charge in [-0.1, -0.05) is 123 Å². The Labute approximate surface area is 251 Å². The van der Waals surface area contributed by atoms with Crippen molar-refractivity contribution in [1.82, 2.24) is 9.55 Å². The first-order valence-corrected chi connectivity index (χ1v) is 14.3. The molecule has 8 heteroatoms. The van der Waals surface area contributed by atoms with Gasteiger partial charge < -0.3 is 8.83 Å². The van der Waals surface area contributed by atoms with Gasteiger partial charge in [0.05, 0.1) is 11.0 Å². The zero-order valence-corrected chi connectivity index (χ0v) is 24.6. The van der Waals surface area contributed by atoms with Gasteiger partial charge in [0.15, 0.2) is 11.2 Å². The van der Waals surface area contributed by atoms with E-state index in [1.54, 1.807) is 16.7 Å². The van der Waals surface area contributed by atoms with E-state index in [1.807, 2.05) is 78.9 Å². The molecule has 0 bridgehead atoms. The normalized spacial score (nSPS) is 11.4. The van der Waals surface area contributed by atoms with E-state index in [2.05, 4.69) is 73.2 Å². The summed E-state index contributed by atoms with van der Waals surface area (Å²) >= 11 is 6.75. The van der Waals surface area contributed by atoms with Gasteiger partial charge in [-0.05, 0) is 53.1 Å². The number of nitrogens with one attached hydrogen (secondary N) is 1. The fraction of sp³-hybridized carbons (Fsp3) is 0.0303. The molecule has 41 heavy (non-hydrogen) atoms. The summed E-state index contributed by atoms with van der Waals surface area (Å²) in [6.07, 6.45) is 0. The number of oxazole rings is 2. The smallest absolute Gasteiger partial charge is 0.408 e. The molecule has 0 amide bonds. The number of H-pyrrole nitrogens is 1. The number of halogens is 2. The van der Waals surface area contributed by atoms with Crippen LogP contribution in [-0.2, 0) is 5.54 Å². The molecule has 1 N–H and O–H groups in total. The third-order valence-electron chi connectivity index (χ3n) is 6.84. The van der Waals surface area contributed by atoms with Gasteiger partial charge in [-0.3, -0.25) is 9.55 Å². The molecule has 0 fully saturated rings. The fourth-order valence-corrected chi connectivity index (χ4v) is 5.83. The zero-order valence-electron chi connectivity index (χ0n) is 21.5. The molecule has 0 saturated carbocycles. The number of aromatic nitrogens is 2. The van der Waals surface area contributed by atoms with Gasteiger partial charge in [0.2, 0.25) is 0 Å². The zero-order chi connectivity index (χ0) is 28.4. The summed E-state index contributed by atoms with van der Waals surface area (Å²) in [5.74, 6) is -0.822. The first-order chi connectivity index (χ1) is 20.0. The Morgan fingerprint density at radius 3 is 1.61 bits per heavy atom. The average molecular weight is 670 g/mol. The molecule has 0 spiro atoms. The summed E-state index contributed by atoms with van der Waals surface area (Å²) in [7, 11) is 0. The van der Waals surface area contributed by atoms with Crippen molar-refractivity contribution in [2.45, 2.75) is 5.54 Å². The Balaban J connectivity index is 0.000000229. The van der Waals surface area contributed by atoms with Gasteiger partial charge in [0.25, 0.3) is 0 Å². The van der Waals surface area contributed by atoms with E-state index in [-0.39, 0.29) is 0 Å². The molecule has 0 aliphatic carbocycles. The Morgan fingerprint density at radius 1 is 0.585 bits per heavy atom. The lowest BCUT2D eigenvalue weighted by Crippen LogP contribution is -2.42. The van der Waals surface area contributed by atoms with Crippen LogP contribution in [0.5, 0.6) is 0 Å². The van der Waals surface area contributed by atoms with E-state index in [0.717, 1.165) is 36.7 Å². The molecule has 5 aromatic carbocycles. The van der Waals surface area contributed by atoms with E-state index >= 15 is 0 Å². The van der Waals surface area contributed by atoms with Crippen molar-refractivity contribution in [3.8, 4) is 0 Å². The predicted octanol–water partition coefficient (Wildman–Crippen LogP) is 8.08. The van der Waals surface area contributed by atoms with E-state index in [0.29, 0.717) is 11.2 Å². The molecule has 2 heterocycles. The largest absolute Gasteiger partial charge is 0.421 e. The van der Waals surface area contributed by atoms with Crippen LogP contribution in [0.2, 0.25) is 0 Å². The monoisotopic (exact) mass is 668 g/mol. The second kappa shape index (κ2) is 11.2. The third kappa shape index (κ3) is 5.01. The van der Waals surface area contributed by atoms with Crippen LogP contribution < -0.4 is 11.5 Å². The average Bonchev–Trinajstić information content (AvgIpc) is 3.53. The minimum Gasteiger partial charge on any atom is -0.408 e. The Bertz CT molecular complexity index is 1960. The first kappa shape index (κ1) is 26.8. The number of hydrogen-bond donors (Lipinski definition) is 1. The molecule has 7 aromatic rings. The van der Waals surface area contributed by atoms with Crippen molar-refractivity contribution < 1.29 is 8.83 Å². The lowest BCUT2D eigenvalue weighted by atomic mass is 9.76. The van der Waals surface area contributed by atoms with Crippen LogP contribution in [0, 0.1) is 0 Å². The van der Waals surface area contributed by atoms with Crippen LogP contribution in [0.3, 0.4) is 0 Å². The number of nitrogens with zero attached hydrogens (tertiary/aromatic N) is 1. The minimum absolute atomic E-state index is 0.403. The van der Waals surface area contributed by atoms with Crippen molar-refractivity contribution in [3.63, 3.8) is 0 Å². The van der Waals surface area contributed by atoms with E-state index in [4.69, 9.17) is 8.83 Å². The van der Waals surface area contributed by atoms with Crippen molar-refractivity contribution in [2.75, 3.05) is 0 Å². The number of aromatic amines is 1. The van der Waals surface area contributed by atoms with E-state index < -0.39 is 17.1 Å². The molecule has 0 saturated heterocycles. The molecule has 0 atom stereocenters. The summed E-state index contributed by atoms with van der Waals surface area (Å²) in [6, 6.07) is 41.4.